The van der Waals surface area contributed by atoms with E-state index in [9.17, 15) is 32.5 Å². The molecular formula is C35H63F2O6P. The van der Waals surface area contributed by atoms with Crippen LogP contribution in [0.2, 0.25) is 0 Å². The second-order valence-electron chi connectivity index (χ2n) is 12.6. The molecule has 0 heterocycles. The lowest BCUT2D eigenvalue weighted by Gasteiger charge is -2.16. The van der Waals surface area contributed by atoms with Crippen LogP contribution in [-0.2, 0) is 23.5 Å². The molecule has 258 valence electrons. The largest absolute Gasteiger partial charge is 0.328 e. The first-order valence-corrected chi connectivity index (χ1v) is 17.8. The molecule has 0 spiro atoms. The maximum absolute atomic E-state index is 13.0. The molecular weight excluding hydrogens is 585 g/mol. The molecule has 0 fully saturated rings. The van der Waals surface area contributed by atoms with Crippen LogP contribution in [0.5, 0.6) is 0 Å². The second kappa shape index (κ2) is 26.2. The van der Waals surface area contributed by atoms with Crippen LogP contribution in [0.1, 0.15) is 127 Å². The number of benzene rings is 1. The zero-order valence-corrected chi connectivity index (χ0v) is 31.4. The number of hydrogen-bond acceptors (Lipinski definition) is 6. The van der Waals surface area contributed by atoms with E-state index in [0.29, 0.717) is 12.4 Å². The van der Waals surface area contributed by atoms with Crippen LogP contribution < -0.4 is 0 Å². The van der Waals surface area contributed by atoms with Crippen molar-refractivity contribution < 1.29 is 37.0 Å². The Hall–Kier alpha value is -2.05. The molecule has 44 heavy (non-hydrogen) atoms. The SMILES string of the molecule is CC(=O)C(C)C.CC(=O)C(C)C.CC(C)C(=O)C(C)C.CC(C)C(=O)c1ccc(F)cc1F.CCCCOP(C)(=O)C(C)C. The van der Waals surface area contributed by atoms with Crippen molar-refractivity contribution in [3.63, 3.8) is 0 Å². The van der Waals surface area contributed by atoms with Crippen molar-refractivity contribution in [2.75, 3.05) is 13.3 Å². The molecule has 0 saturated heterocycles. The third-order valence-electron chi connectivity index (χ3n) is 6.27. The summed E-state index contributed by atoms with van der Waals surface area (Å²) < 4.78 is 42.3. The van der Waals surface area contributed by atoms with Gasteiger partial charge in [-0.25, -0.2) is 8.78 Å². The standard InChI is InChI=1S/C10H10F2O.C8H19O2P.C7H14O.2C5H10O/c1-6(2)10(13)8-4-3-7(11)5-9(8)12;1-5-6-7-10-11(4,9)8(2)3;1-5(2)7(8)6(3)4;2*1-4(2)5(3)6/h3-6H,1-2H3;8H,5-7H2,1-4H3;5-6H,1-4H3;2*4H,1-3H3. The van der Waals surface area contributed by atoms with Crippen molar-refractivity contribution in [2.24, 2.45) is 29.6 Å². The highest BCUT2D eigenvalue weighted by Crippen LogP contribution is 2.47. The Bertz CT molecular complexity index is 986. The van der Waals surface area contributed by atoms with E-state index in [1.807, 2.05) is 69.2 Å². The molecule has 9 heteroatoms. The quantitative estimate of drug-likeness (QED) is 0.135. The molecule has 1 atom stereocenters. The maximum Gasteiger partial charge on any atom is 0.202 e. The van der Waals surface area contributed by atoms with Gasteiger partial charge in [-0.05, 0) is 32.4 Å². The Balaban J connectivity index is -0.000000236. The van der Waals surface area contributed by atoms with Crippen LogP contribution in [-0.4, -0.2) is 42.1 Å². The number of halogens is 2. The Morgan fingerprint density at radius 2 is 1.11 bits per heavy atom. The van der Waals surface area contributed by atoms with Crippen LogP contribution in [0.4, 0.5) is 8.78 Å². The van der Waals surface area contributed by atoms with E-state index in [1.165, 1.54) is 6.07 Å². The summed E-state index contributed by atoms with van der Waals surface area (Å²) in [6.07, 6.45) is 2.10. The highest BCUT2D eigenvalue weighted by atomic mass is 31.2. The summed E-state index contributed by atoms with van der Waals surface area (Å²) in [6.45, 7) is 30.2. The minimum Gasteiger partial charge on any atom is -0.328 e. The maximum atomic E-state index is 13.0. The third kappa shape index (κ3) is 27.5. The van der Waals surface area contributed by atoms with E-state index in [1.54, 1.807) is 34.4 Å². The van der Waals surface area contributed by atoms with Gasteiger partial charge in [0.25, 0.3) is 0 Å². The number of ketones is 4. The summed E-state index contributed by atoms with van der Waals surface area (Å²) in [4.78, 5) is 42.4. The van der Waals surface area contributed by atoms with Crippen molar-refractivity contribution in [1.82, 2.24) is 0 Å². The van der Waals surface area contributed by atoms with Crippen molar-refractivity contribution in [1.29, 1.82) is 0 Å². The van der Waals surface area contributed by atoms with E-state index >= 15 is 0 Å². The van der Waals surface area contributed by atoms with Crippen LogP contribution in [0, 0.1) is 41.2 Å². The lowest BCUT2D eigenvalue weighted by molar-refractivity contribution is -0.124. The minimum absolute atomic E-state index is 0.0450. The normalized spacial score (nSPS) is 11.8. The fourth-order valence-corrected chi connectivity index (χ4v) is 3.00. The summed E-state index contributed by atoms with van der Waals surface area (Å²) in [5.41, 5.74) is 0.107. The fraction of sp³-hybridized carbons (Fsp3) is 0.714. The molecule has 1 aromatic carbocycles. The number of hydrogen-bond donors (Lipinski definition) is 0. The fourth-order valence-electron chi connectivity index (χ4n) is 2.21. The van der Waals surface area contributed by atoms with Crippen molar-refractivity contribution in [3.05, 3.63) is 35.4 Å². The highest BCUT2D eigenvalue weighted by Gasteiger charge is 2.20. The second-order valence-corrected chi connectivity index (χ2v) is 15.7. The topological polar surface area (TPSA) is 94.6 Å². The first kappa shape index (κ1) is 48.8. The van der Waals surface area contributed by atoms with E-state index in [4.69, 9.17) is 4.52 Å². The Kier molecular flexibility index (Phi) is 29.1. The predicted octanol–water partition coefficient (Wildman–Crippen LogP) is 10.3. The van der Waals surface area contributed by atoms with Crippen LogP contribution >= 0.6 is 7.37 Å². The van der Waals surface area contributed by atoms with Crippen molar-refractivity contribution in [3.8, 4) is 0 Å². The van der Waals surface area contributed by atoms with Crippen molar-refractivity contribution >= 4 is 30.5 Å². The summed E-state index contributed by atoms with van der Waals surface area (Å²) in [7, 11) is -2.29. The van der Waals surface area contributed by atoms with E-state index in [0.717, 1.165) is 25.0 Å². The highest BCUT2D eigenvalue weighted by molar-refractivity contribution is 7.58. The molecule has 0 radical (unpaired) electrons. The van der Waals surface area contributed by atoms with Gasteiger partial charge in [-0.3, -0.25) is 23.7 Å². The monoisotopic (exact) mass is 648 g/mol. The summed E-state index contributed by atoms with van der Waals surface area (Å²) in [5, 5.41) is 0. The number of Topliss-reactive ketones (excluding diaryl/α,β-unsaturated/α-hetero) is 4. The van der Waals surface area contributed by atoms with Crippen LogP contribution in [0.15, 0.2) is 18.2 Å². The third-order valence-corrected chi connectivity index (χ3v) is 8.84. The van der Waals surface area contributed by atoms with Gasteiger partial charge in [0.15, 0.2) is 5.78 Å². The van der Waals surface area contributed by atoms with Crippen molar-refractivity contribution in [2.45, 2.75) is 122 Å². The van der Waals surface area contributed by atoms with Gasteiger partial charge in [0.05, 0.1) is 12.2 Å². The zero-order chi connectivity index (χ0) is 36.0. The smallest absolute Gasteiger partial charge is 0.202 e. The molecule has 0 saturated carbocycles. The van der Waals surface area contributed by atoms with E-state index < -0.39 is 19.0 Å². The number of unbranched alkanes of at least 4 members (excludes halogenated alkanes) is 1. The van der Waals surface area contributed by atoms with Gasteiger partial charge in [0.1, 0.15) is 29.0 Å². The van der Waals surface area contributed by atoms with E-state index in [-0.39, 0.29) is 58.2 Å². The summed E-state index contributed by atoms with van der Waals surface area (Å²) in [5.74, 6) is -0.344. The van der Waals surface area contributed by atoms with Gasteiger partial charge in [0, 0.05) is 48.0 Å². The molecule has 1 unspecified atom stereocenters. The van der Waals surface area contributed by atoms with Crippen LogP contribution in [0.3, 0.4) is 0 Å². The molecule has 0 aromatic heterocycles. The summed E-state index contributed by atoms with van der Waals surface area (Å²) >= 11 is 0. The minimum atomic E-state index is -2.29. The molecule has 0 bridgehead atoms. The van der Waals surface area contributed by atoms with Gasteiger partial charge in [-0.15, -0.1) is 0 Å². The summed E-state index contributed by atoms with van der Waals surface area (Å²) in [6, 6.07) is 2.97. The van der Waals surface area contributed by atoms with E-state index in [2.05, 4.69) is 6.92 Å². The molecule has 0 amide bonds. The first-order valence-electron chi connectivity index (χ1n) is 15.6. The molecule has 0 aliphatic rings. The number of carbonyl (C=O) groups excluding carboxylic acids is 4. The van der Waals surface area contributed by atoms with Gasteiger partial charge in [-0.1, -0.05) is 96.4 Å². The van der Waals surface area contributed by atoms with Gasteiger partial charge in [0.2, 0.25) is 7.37 Å². The Labute approximate surface area is 268 Å². The Morgan fingerprint density at radius 1 is 0.727 bits per heavy atom. The molecule has 1 aromatic rings. The molecule has 0 aliphatic carbocycles. The first-order chi connectivity index (χ1) is 19.9. The predicted molar refractivity (Wildman–Crippen MR) is 181 cm³/mol. The molecule has 1 rings (SSSR count). The van der Waals surface area contributed by atoms with Gasteiger partial charge in [-0.2, -0.15) is 0 Å². The molecule has 0 N–H and O–H groups in total. The van der Waals surface area contributed by atoms with Gasteiger partial charge >= 0.3 is 0 Å². The van der Waals surface area contributed by atoms with Gasteiger partial charge < -0.3 is 4.52 Å². The number of rotatable bonds is 11. The Morgan fingerprint density at radius 3 is 1.34 bits per heavy atom. The average molecular weight is 649 g/mol. The molecule has 0 aliphatic heterocycles. The lowest BCUT2D eigenvalue weighted by atomic mass is 9.99. The number of carbonyl (C=O) groups is 4. The molecule has 6 nitrogen and oxygen atoms in total. The van der Waals surface area contributed by atoms with Crippen LogP contribution in [0.25, 0.3) is 0 Å². The zero-order valence-electron chi connectivity index (χ0n) is 30.5. The average Bonchev–Trinajstić information content (AvgIpc) is 2.89. The lowest BCUT2D eigenvalue weighted by Crippen LogP contribution is -2.13.